The summed E-state index contributed by atoms with van der Waals surface area (Å²) >= 11 is 0. The molecule has 12 nitrogen and oxygen atoms in total. The smallest absolute Gasteiger partial charge is 0.284 e. The number of terminal acetylenes is 1. The van der Waals surface area contributed by atoms with Crippen LogP contribution in [0.4, 0.5) is 26.2 Å². The largest absolute Gasteiger partial charge is 0.368 e. The highest BCUT2D eigenvalue weighted by Gasteiger charge is 2.37. The third-order valence-electron chi connectivity index (χ3n) is 11.5. The number of nitrogens with zero attached hydrogens (tertiary/aromatic N) is 9. The first kappa shape index (κ1) is 33.8. The standard InChI is InChI=1S/C40H36F2N10O2S/c1-3-30-33(41)15-12-23-6-4-9-31(34(23)30)36-35(42)37-32(17-43-36)39(50-18-25-13-14-26(19-50)45-25)47-40(46-37)51-20-28(21-51)49(2)27-7-5-8-29(16-27)55(53,54)52-22-44-38(48-52)24-10-11-24/h1,4-9,12,15-17,22,24-26,28,45H,10-11,13-14,18-21H2,2H3. The number of rotatable bonds is 8. The van der Waals surface area contributed by atoms with Crippen LogP contribution < -0.4 is 20.0 Å². The molecule has 3 saturated heterocycles. The van der Waals surface area contributed by atoms with Crippen LogP contribution >= 0.6 is 0 Å². The molecule has 2 bridgehead atoms. The van der Waals surface area contributed by atoms with E-state index in [1.54, 1.807) is 42.6 Å². The lowest BCUT2D eigenvalue weighted by molar-refractivity contribution is 0.462. The van der Waals surface area contributed by atoms with Crippen LogP contribution in [0, 0.1) is 24.0 Å². The summed E-state index contributed by atoms with van der Waals surface area (Å²) in [6, 6.07) is 15.6. The van der Waals surface area contributed by atoms with Crippen molar-refractivity contribution in [3.8, 4) is 23.6 Å². The van der Waals surface area contributed by atoms with Crippen LogP contribution in [0.25, 0.3) is 32.9 Å². The van der Waals surface area contributed by atoms with E-state index in [9.17, 15) is 12.8 Å². The fourth-order valence-corrected chi connectivity index (χ4v) is 9.31. The van der Waals surface area contributed by atoms with Crippen LogP contribution in [0.15, 0.2) is 72.0 Å². The second-order valence-corrected chi connectivity index (χ2v) is 16.8. The van der Waals surface area contributed by atoms with Gasteiger partial charge in [0.1, 0.15) is 29.2 Å². The van der Waals surface area contributed by atoms with Crippen molar-refractivity contribution in [3.63, 3.8) is 0 Å². The highest BCUT2D eigenvalue weighted by atomic mass is 32.2. The number of hydrogen-bond donors (Lipinski definition) is 1. The van der Waals surface area contributed by atoms with Gasteiger partial charge in [-0.15, -0.1) is 15.6 Å². The van der Waals surface area contributed by atoms with Crippen molar-refractivity contribution in [2.45, 2.75) is 54.6 Å². The summed E-state index contributed by atoms with van der Waals surface area (Å²) < 4.78 is 59.8. The van der Waals surface area contributed by atoms with Crippen molar-refractivity contribution < 1.29 is 17.2 Å². The number of nitrogens with one attached hydrogen (secondary N) is 1. The molecule has 3 aliphatic heterocycles. The van der Waals surface area contributed by atoms with Crippen molar-refractivity contribution in [1.29, 1.82) is 0 Å². The molecule has 0 amide bonds. The summed E-state index contributed by atoms with van der Waals surface area (Å²) in [6.07, 6.45) is 12.7. The van der Waals surface area contributed by atoms with Gasteiger partial charge in [-0.2, -0.15) is 13.4 Å². The molecule has 0 radical (unpaired) electrons. The predicted molar refractivity (Wildman–Crippen MR) is 206 cm³/mol. The quantitative estimate of drug-likeness (QED) is 0.209. The minimum absolute atomic E-state index is 0.00539. The van der Waals surface area contributed by atoms with Crippen LogP contribution in [0.5, 0.6) is 0 Å². The van der Waals surface area contributed by atoms with Gasteiger partial charge in [-0.25, -0.2) is 18.7 Å². The topological polar surface area (TPSA) is 125 Å². The van der Waals surface area contributed by atoms with Gasteiger partial charge in [-0.1, -0.05) is 36.3 Å². The average Bonchev–Trinajstić information content (AvgIpc) is 3.80. The SMILES string of the molecule is C#Cc1c(F)ccc2cccc(-c3ncc4c(N5CC6CCC(C5)N6)nc(N5CC(N(C)c6cccc(S(=O)(=O)n7cnc(C8CC8)n7)c6)C5)nc4c3F)c12. The van der Waals surface area contributed by atoms with Gasteiger partial charge in [0, 0.05) is 74.1 Å². The summed E-state index contributed by atoms with van der Waals surface area (Å²) in [6.45, 7) is 2.49. The van der Waals surface area contributed by atoms with Gasteiger partial charge in [-0.05, 0) is 55.3 Å². The maximum atomic E-state index is 17.0. The number of hydrogen-bond acceptors (Lipinski definition) is 11. The molecular formula is C40H36F2N10O2S. The number of benzene rings is 3. The van der Waals surface area contributed by atoms with E-state index < -0.39 is 21.7 Å². The first-order valence-corrected chi connectivity index (χ1v) is 19.9. The molecule has 4 aliphatic rings. The number of anilines is 3. The zero-order valence-corrected chi connectivity index (χ0v) is 30.7. The highest BCUT2D eigenvalue weighted by molar-refractivity contribution is 7.89. The van der Waals surface area contributed by atoms with Crippen LogP contribution in [0.2, 0.25) is 0 Å². The van der Waals surface area contributed by atoms with Crippen LogP contribution in [-0.4, -0.2) is 88.9 Å². The number of likely N-dealkylation sites (N-methyl/N-ethyl adjacent to an activating group) is 1. The number of piperazine rings is 1. The van der Waals surface area contributed by atoms with Crippen molar-refractivity contribution in [1.82, 2.24) is 34.4 Å². The molecule has 55 heavy (non-hydrogen) atoms. The Kier molecular flexibility index (Phi) is 7.79. The Morgan fingerprint density at radius 3 is 2.47 bits per heavy atom. The van der Waals surface area contributed by atoms with E-state index in [1.807, 2.05) is 29.0 Å². The van der Waals surface area contributed by atoms with Crippen molar-refractivity contribution in [3.05, 3.63) is 90.1 Å². The maximum Gasteiger partial charge on any atom is 0.284 e. The second kappa shape index (κ2) is 12.7. The molecule has 10 rings (SSSR count). The fraction of sp³-hybridized carbons (Fsp3) is 0.325. The molecule has 3 aromatic heterocycles. The Bertz CT molecular complexity index is 2680. The van der Waals surface area contributed by atoms with E-state index >= 15 is 4.39 Å². The number of pyridine rings is 1. The zero-order valence-electron chi connectivity index (χ0n) is 29.9. The van der Waals surface area contributed by atoms with Gasteiger partial charge in [0.2, 0.25) is 5.95 Å². The Balaban J connectivity index is 0.986. The first-order valence-electron chi connectivity index (χ1n) is 18.5. The molecule has 0 spiro atoms. The van der Waals surface area contributed by atoms with Crippen LogP contribution in [0.1, 0.15) is 43.0 Å². The number of fused-ring (bicyclic) bond motifs is 4. The van der Waals surface area contributed by atoms with Crippen molar-refractivity contribution in [2.24, 2.45) is 0 Å². The van der Waals surface area contributed by atoms with Gasteiger partial charge in [0.25, 0.3) is 10.0 Å². The Labute approximate surface area is 316 Å². The lowest BCUT2D eigenvalue weighted by atomic mass is 9.96. The van der Waals surface area contributed by atoms with Crippen LogP contribution in [-0.2, 0) is 10.0 Å². The van der Waals surface area contributed by atoms with E-state index in [2.05, 4.69) is 31.2 Å². The van der Waals surface area contributed by atoms with Gasteiger partial charge in [0.05, 0.1) is 21.9 Å². The summed E-state index contributed by atoms with van der Waals surface area (Å²) in [4.78, 5) is 25.1. The Morgan fingerprint density at radius 1 is 0.927 bits per heavy atom. The van der Waals surface area contributed by atoms with Gasteiger partial charge >= 0.3 is 0 Å². The Hall–Kier alpha value is -5.72. The van der Waals surface area contributed by atoms with Crippen molar-refractivity contribution >= 4 is 49.2 Å². The average molecular weight is 759 g/mol. The maximum absolute atomic E-state index is 17.0. The summed E-state index contributed by atoms with van der Waals surface area (Å²) in [7, 11) is -2.00. The summed E-state index contributed by atoms with van der Waals surface area (Å²) in [5.74, 6) is 3.05. The number of aromatic nitrogens is 6. The summed E-state index contributed by atoms with van der Waals surface area (Å²) in [5.41, 5.74) is 1.31. The molecule has 4 fully saturated rings. The normalized spacial score (nSPS) is 19.9. The zero-order chi connectivity index (χ0) is 37.6. The van der Waals surface area contributed by atoms with Crippen LogP contribution in [0.3, 0.4) is 0 Å². The molecule has 278 valence electrons. The van der Waals surface area contributed by atoms with E-state index in [0.717, 1.165) is 48.5 Å². The molecule has 6 heterocycles. The van der Waals surface area contributed by atoms with E-state index in [-0.39, 0.29) is 33.6 Å². The molecule has 3 aromatic carbocycles. The molecule has 1 aliphatic carbocycles. The molecule has 1 N–H and O–H groups in total. The lowest BCUT2D eigenvalue weighted by Gasteiger charge is -2.45. The predicted octanol–water partition coefficient (Wildman–Crippen LogP) is 5.08. The highest BCUT2D eigenvalue weighted by Crippen LogP contribution is 2.39. The molecule has 2 atom stereocenters. The molecule has 1 saturated carbocycles. The van der Waals surface area contributed by atoms with Gasteiger partial charge < -0.3 is 20.0 Å². The van der Waals surface area contributed by atoms with E-state index in [0.29, 0.717) is 64.5 Å². The molecule has 6 aromatic rings. The molecule has 15 heteroatoms. The van der Waals surface area contributed by atoms with Gasteiger partial charge in [0.15, 0.2) is 11.6 Å². The molecule has 2 unspecified atom stereocenters. The third-order valence-corrected chi connectivity index (χ3v) is 13.0. The monoisotopic (exact) mass is 758 g/mol. The minimum atomic E-state index is -3.93. The second-order valence-electron chi connectivity index (χ2n) is 15.0. The molecular weight excluding hydrogens is 723 g/mol. The van der Waals surface area contributed by atoms with E-state index in [4.69, 9.17) is 16.4 Å². The third kappa shape index (κ3) is 5.65. The summed E-state index contributed by atoms with van der Waals surface area (Å²) in [5, 5.41) is 9.49. The van der Waals surface area contributed by atoms with E-state index in [1.165, 1.54) is 12.4 Å². The fourth-order valence-electron chi connectivity index (χ4n) is 8.21. The lowest BCUT2D eigenvalue weighted by Crippen LogP contribution is -2.59. The Morgan fingerprint density at radius 2 is 1.71 bits per heavy atom. The first-order chi connectivity index (χ1) is 26.7. The van der Waals surface area contributed by atoms with Crippen molar-refractivity contribution in [2.75, 3.05) is 47.9 Å². The number of halogens is 2. The van der Waals surface area contributed by atoms with Gasteiger partial charge in [-0.3, -0.25) is 4.98 Å². The minimum Gasteiger partial charge on any atom is -0.368 e.